The van der Waals surface area contributed by atoms with Crippen LogP contribution in [0, 0.1) is 0 Å². The predicted molar refractivity (Wildman–Crippen MR) is 146 cm³/mol. The molecule has 2 heterocycles. The van der Waals surface area contributed by atoms with Crippen molar-refractivity contribution in [3.05, 3.63) is 84.7 Å². The maximum Gasteiger partial charge on any atom is 0.222 e. The fraction of sp³-hybridized carbons (Fsp3) is 0.250. The number of nitrogens with zero attached hydrogens (tertiary/aromatic N) is 4. The Bertz CT molecular complexity index is 1250. The highest BCUT2D eigenvalue weighted by molar-refractivity contribution is 5.70. The number of hydrogen-bond acceptors (Lipinski definition) is 8. The lowest BCUT2D eigenvalue weighted by Gasteiger charge is -2.27. The minimum Gasteiger partial charge on any atom is -0.457 e. The van der Waals surface area contributed by atoms with Crippen LogP contribution in [0.4, 0.5) is 23.3 Å². The molecule has 2 aromatic heterocycles. The lowest BCUT2D eigenvalue weighted by molar-refractivity contribution is 0.255. The van der Waals surface area contributed by atoms with Crippen LogP contribution in [0.5, 0.6) is 11.5 Å². The van der Waals surface area contributed by atoms with Crippen molar-refractivity contribution < 1.29 is 9.84 Å². The predicted octanol–water partition coefficient (Wildman–Crippen LogP) is 5.49. The highest BCUT2D eigenvalue weighted by Gasteiger charge is 2.15. The third kappa shape index (κ3) is 6.49. The Morgan fingerprint density at radius 1 is 1.08 bits per heavy atom. The summed E-state index contributed by atoms with van der Waals surface area (Å²) in [4.78, 5) is 15.2. The number of pyridine rings is 1. The molecule has 8 nitrogen and oxygen atoms in total. The number of rotatable bonds is 10. The van der Waals surface area contributed by atoms with Gasteiger partial charge in [0.2, 0.25) is 5.95 Å². The van der Waals surface area contributed by atoms with Gasteiger partial charge in [-0.15, -0.1) is 0 Å². The molecule has 1 aliphatic carbocycles. The van der Waals surface area contributed by atoms with Gasteiger partial charge in [0.25, 0.3) is 0 Å². The molecule has 0 saturated carbocycles. The van der Waals surface area contributed by atoms with Crippen molar-refractivity contribution in [3.8, 4) is 11.5 Å². The lowest BCUT2D eigenvalue weighted by atomic mass is 10.1. The van der Waals surface area contributed by atoms with Crippen LogP contribution in [0.25, 0.3) is 5.57 Å². The van der Waals surface area contributed by atoms with E-state index in [2.05, 4.69) is 33.3 Å². The van der Waals surface area contributed by atoms with Gasteiger partial charge >= 0.3 is 0 Å². The van der Waals surface area contributed by atoms with E-state index in [0.29, 0.717) is 17.3 Å². The number of benzene rings is 1. The first-order valence-electron chi connectivity index (χ1n) is 12.1. The zero-order valence-electron chi connectivity index (χ0n) is 20.6. The third-order valence-corrected chi connectivity index (χ3v) is 5.89. The van der Waals surface area contributed by atoms with Gasteiger partial charge in [0.05, 0.1) is 18.3 Å². The highest BCUT2D eigenvalue weighted by Crippen LogP contribution is 2.28. The van der Waals surface area contributed by atoms with Crippen molar-refractivity contribution in [3.63, 3.8) is 0 Å². The minimum atomic E-state index is 0.0197. The average molecular weight is 485 g/mol. The van der Waals surface area contributed by atoms with Crippen LogP contribution in [0.1, 0.15) is 31.9 Å². The fourth-order valence-corrected chi connectivity index (χ4v) is 3.94. The van der Waals surface area contributed by atoms with E-state index < -0.39 is 0 Å². The van der Waals surface area contributed by atoms with E-state index >= 15 is 0 Å². The van der Waals surface area contributed by atoms with Gasteiger partial charge in [-0.2, -0.15) is 4.98 Å². The van der Waals surface area contributed by atoms with E-state index in [4.69, 9.17) is 10.5 Å². The Balaban J connectivity index is 1.44. The van der Waals surface area contributed by atoms with Crippen molar-refractivity contribution in [2.24, 2.45) is 0 Å². The van der Waals surface area contributed by atoms with E-state index in [1.807, 2.05) is 78.7 Å². The first kappa shape index (κ1) is 24.9. The van der Waals surface area contributed by atoms with Gasteiger partial charge in [0, 0.05) is 31.1 Å². The van der Waals surface area contributed by atoms with Crippen molar-refractivity contribution >= 4 is 28.8 Å². The zero-order valence-corrected chi connectivity index (χ0v) is 20.6. The first-order valence-corrected chi connectivity index (χ1v) is 12.1. The second-order valence-electron chi connectivity index (χ2n) is 8.54. The molecule has 186 valence electrons. The number of nitrogens with two attached hydrogens (primary N) is 1. The van der Waals surface area contributed by atoms with E-state index in [9.17, 15) is 5.11 Å². The van der Waals surface area contributed by atoms with Gasteiger partial charge in [0.15, 0.2) is 0 Å². The Morgan fingerprint density at radius 3 is 2.69 bits per heavy atom. The summed E-state index contributed by atoms with van der Waals surface area (Å²) in [6.45, 7) is 2.18. The van der Waals surface area contributed by atoms with Crippen LogP contribution in [-0.4, -0.2) is 39.8 Å². The summed E-state index contributed by atoms with van der Waals surface area (Å²) in [6.07, 6.45) is 14.5. The fourth-order valence-electron chi connectivity index (χ4n) is 3.94. The van der Waals surface area contributed by atoms with E-state index in [1.54, 1.807) is 6.20 Å². The standard InChI is InChI=1S/C28H32N6O2/c1-3-8-22(19-35)34(2)27-17-24(15-16-30-27)36-23-13-11-21(12-14-23)31-26-18-25(32-28(29)33-26)20-9-6-4-5-7-10-20/h4-7,9,11-18,22,35H,3,8,10,19H2,1-2H3,(H3,29,31,32,33). The molecule has 1 aliphatic rings. The van der Waals surface area contributed by atoms with Gasteiger partial charge in [-0.3, -0.25) is 0 Å². The van der Waals surface area contributed by atoms with Crippen molar-refractivity contribution in [2.75, 3.05) is 29.6 Å². The molecule has 1 aromatic carbocycles. The number of likely N-dealkylation sites (N-methyl/N-ethyl adjacent to an activating group) is 1. The SMILES string of the molecule is CCCC(CO)N(C)c1cc(Oc2ccc(Nc3cc(C4=CC=CC=CC4)nc(N)n3)cc2)ccn1. The molecule has 8 heteroatoms. The second kappa shape index (κ2) is 12.0. The maximum atomic E-state index is 9.70. The van der Waals surface area contributed by atoms with Crippen LogP contribution in [-0.2, 0) is 0 Å². The molecule has 1 unspecified atom stereocenters. The zero-order chi connectivity index (χ0) is 25.3. The molecule has 0 saturated heterocycles. The first-order chi connectivity index (χ1) is 17.6. The molecule has 36 heavy (non-hydrogen) atoms. The normalized spacial score (nSPS) is 13.6. The minimum absolute atomic E-state index is 0.0197. The summed E-state index contributed by atoms with van der Waals surface area (Å²) in [5.74, 6) is 2.96. The van der Waals surface area contributed by atoms with Crippen LogP contribution in [0.2, 0.25) is 0 Å². The number of nitrogens with one attached hydrogen (secondary N) is 1. The summed E-state index contributed by atoms with van der Waals surface area (Å²) in [7, 11) is 1.94. The quantitative estimate of drug-likeness (QED) is 0.347. The molecule has 0 aliphatic heterocycles. The van der Waals surface area contributed by atoms with Crippen molar-refractivity contribution in [1.29, 1.82) is 0 Å². The number of nitrogen functional groups attached to an aromatic ring is 1. The van der Waals surface area contributed by atoms with Crippen LogP contribution >= 0.6 is 0 Å². The van der Waals surface area contributed by atoms with Gasteiger partial charge in [-0.05, 0) is 48.7 Å². The van der Waals surface area contributed by atoms with Gasteiger partial charge in [-0.1, -0.05) is 43.7 Å². The van der Waals surface area contributed by atoms with Gasteiger partial charge in [0.1, 0.15) is 23.1 Å². The summed E-state index contributed by atoms with van der Waals surface area (Å²) < 4.78 is 6.05. The molecule has 4 rings (SSSR count). The third-order valence-electron chi connectivity index (χ3n) is 5.89. The smallest absolute Gasteiger partial charge is 0.222 e. The lowest BCUT2D eigenvalue weighted by Crippen LogP contribution is -2.35. The number of aliphatic hydroxyl groups excluding tert-OH is 1. The number of ether oxygens (including phenoxy) is 1. The van der Waals surface area contributed by atoms with Crippen LogP contribution in [0.15, 0.2) is 79.0 Å². The Labute approximate surface area is 211 Å². The van der Waals surface area contributed by atoms with E-state index in [-0.39, 0.29) is 18.6 Å². The second-order valence-corrected chi connectivity index (χ2v) is 8.54. The Kier molecular flexibility index (Phi) is 8.31. The number of hydrogen-bond donors (Lipinski definition) is 3. The molecule has 0 spiro atoms. The van der Waals surface area contributed by atoms with Crippen molar-refractivity contribution in [1.82, 2.24) is 15.0 Å². The largest absolute Gasteiger partial charge is 0.457 e. The summed E-state index contributed by atoms with van der Waals surface area (Å²) in [5, 5.41) is 13.0. The van der Waals surface area contributed by atoms with E-state index in [1.165, 1.54) is 0 Å². The summed E-state index contributed by atoms with van der Waals surface area (Å²) >= 11 is 0. The molecule has 0 radical (unpaired) electrons. The Morgan fingerprint density at radius 2 is 1.92 bits per heavy atom. The molecule has 0 bridgehead atoms. The van der Waals surface area contributed by atoms with Gasteiger partial charge < -0.3 is 25.8 Å². The Hall–Kier alpha value is -4.17. The highest BCUT2D eigenvalue weighted by atomic mass is 16.5. The number of anilines is 4. The average Bonchev–Trinajstić information content (AvgIpc) is 3.18. The molecule has 4 N–H and O–H groups in total. The number of aliphatic hydroxyl groups is 1. The van der Waals surface area contributed by atoms with Crippen molar-refractivity contribution in [2.45, 2.75) is 32.2 Å². The van der Waals surface area contributed by atoms with Crippen LogP contribution in [0.3, 0.4) is 0 Å². The molecule has 3 aromatic rings. The van der Waals surface area contributed by atoms with Gasteiger partial charge in [-0.25, -0.2) is 9.97 Å². The van der Waals surface area contributed by atoms with Crippen LogP contribution < -0.4 is 20.7 Å². The number of aromatic nitrogens is 3. The maximum absolute atomic E-state index is 9.70. The molecular formula is C28H32N6O2. The molecule has 0 fully saturated rings. The topological polar surface area (TPSA) is 109 Å². The monoisotopic (exact) mass is 484 g/mol. The summed E-state index contributed by atoms with van der Waals surface area (Å²) in [5.41, 5.74) is 8.69. The summed E-state index contributed by atoms with van der Waals surface area (Å²) in [6, 6.07) is 13.2. The number of allylic oxidation sites excluding steroid dienone is 6. The molecule has 1 atom stereocenters. The van der Waals surface area contributed by atoms with E-state index in [0.717, 1.165) is 42.0 Å². The molecular weight excluding hydrogens is 452 g/mol. The molecule has 0 amide bonds.